The maximum Gasteiger partial charge on any atom is 3.00 e. The van der Waals surface area contributed by atoms with Crippen LogP contribution in [0.4, 0.5) is 0 Å². The first-order valence-corrected chi connectivity index (χ1v) is 8.50. The first-order chi connectivity index (χ1) is 9.64. The molecule has 0 heterocycles. The molecule has 1 rings (SSSR count). The third-order valence-corrected chi connectivity index (χ3v) is 3.53. The molecule has 1 fully saturated rings. The van der Waals surface area contributed by atoms with Crippen molar-refractivity contribution in [3.63, 3.8) is 0 Å². The van der Waals surface area contributed by atoms with Crippen LogP contribution >= 0.6 is 0 Å². The van der Waals surface area contributed by atoms with Gasteiger partial charge in [0.25, 0.3) is 0 Å². The van der Waals surface area contributed by atoms with Gasteiger partial charge in [-0.3, -0.25) is 6.67 Å². The molecule has 0 amide bonds. The molecule has 3 nitrogen and oxygen atoms in total. The SMILES string of the molecule is CC(C)(C)[N-]C[N-]C(C)(C)C.COCCCC1CCCC1.[CH3-].[La+3]. The second-order valence-electron chi connectivity index (χ2n) is 8.08. The van der Waals surface area contributed by atoms with Crippen LogP contribution in [0, 0.1) is 48.9 Å². The summed E-state index contributed by atoms with van der Waals surface area (Å²) in [6, 6.07) is 0. The quantitative estimate of drug-likeness (QED) is 0.342. The molecular formula is C19H41LaN2O. The van der Waals surface area contributed by atoms with Crippen LogP contribution in [-0.4, -0.2) is 31.5 Å². The molecule has 0 unspecified atom stereocenters. The summed E-state index contributed by atoms with van der Waals surface area (Å²) < 4.78 is 5.00. The summed E-state index contributed by atoms with van der Waals surface area (Å²) in [6.45, 7) is 14.1. The van der Waals surface area contributed by atoms with Gasteiger partial charge in [0.1, 0.15) is 0 Å². The number of nitrogens with zero attached hydrogens (tertiary/aromatic N) is 2. The first-order valence-electron chi connectivity index (χ1n) is 8.50. The molecule has 0 atom stereocenters. The van der Waals surface area contributed by atoms with Gasteiger partial charge in [-0.05, 0) is 18.8 Å². The Labute approximate surface area is 175 Å². The molecule has 0 aromatic rings. The Kier molecular flexibility index (Phi) is 19.2. The minimum absolute atomic E-state index is 0. The average molecular weight is 452 g/mol. The van der Waals surface area contributed by atoms with Crippen molar-refractivity contribution >= 4 is 0 Å². The van der Waals surface area contributed by atoms with E-state index in [4.69, 9.17) is 4.74 Å². The Bertz CT molecular complexity index is 227. The fourth-order valence-electron chi connectivity index (χ4n) is 2.28. The molecule has 0 radical (unpaired) electrons. The zero-order valence-corrected chi connectivity index (χ0v) is 20.7. The Morgan fingerprint density at radius 1 is 0.913 bits per heavy atom. The monoisotopic (exact) mass is 452 g/mol. The van der Waals surface area contributed by atoms with Crippen LogP contribution in [0.15, 0.2) is 0 Å². The Hall–Kier alpha value is 1.07. The van der Waals surface area contributed by atoms with Crippen LogP contribution in [0.5, 0.6) is 0 Å². The molecule has 4 heteroatoms. The predicted molar refractivity (Wildman–Crippen MR) is 101 cm³/mol. The van der Waals surface area contributed by atoms with Crippen molar-refractivity contribution < 1.29 is 40.3 Å². The average Bonchev–Trinajstić information content (AvgIpc) is 2.79. The molecule has 0 saturated heterocycles. The van der Waals surface area contributed by atoms with Crippen molar-refractivity contribution in [1.29, 1.82) is 0 Å². The largest absolute Gasteiger partial charge is 3.00 e. The van der Waals surface area contributed by atoms with Gasteiger partial charge in [-0.25, -0.2) is 0 Å². The predicted octanol–water partition coefficient (Wildman–Crippen LogP) is 6.34. The first kappa shape index (κ1) is 28.9. The molecule has 1 saturated carbocycles. The van der Waals surface area contributed by atoms with E-state index in [9.17, 15) is 0 Å². The molecule has 0 aromatic heterocycles. The maximum atomic E-state index is 5.00. The number of rotatable bonds is 6. The minimum atomic E-state index is 0. The van der Waals surface area contributed by atoms with Crippen LogP contribution in [-0.2, 0) is 4.74 Å². The molecule has 0 spiro atoms. The molecule has 0 aliphatic heterocycles. The Morgan fingerprint density at radius 2 is 1.35 bits per heavy atom. The summed E-state index contributed by atoms with van der Waals surface area (Å²) in [7, 11) is 1.79. The standard InChI is InChI=1S/C9H20N2.C9H18O.CH3.La/c1-8(2,3)10-7-11-9(4,5)6;1-10-8-4-7-9-5-2-3-6-9;;/h7H2,1-6H3;9H,2-8H2,1H3;1H3;/q-2;;-1;+3. The number of hydrogen-bond acceptors (Lipinski definition) is 1. The van der Waals surface area contributed by atoms with E-state index in [1.807, 2.05) is 0 Å². The van der Waals surface area contributed by atoms with Gasteiger partial charge < -0.3 is 22.8 Å². The fraction of sp³-hybridized carbons (Fsp3) is 0.947. The summed E-state index contributed by atoms with van der Waals surface area (Å²) in [5, 5.41) is 8.75. The molecule has 0 N–H and O–H groups in total. The molecule has 0 aromatic carbocycles. The number of ether oxygens (including phenoxy) is 1. The van der Waals surface area contributed by atoms with Crippen molar-refractivity contribution in [3.8, 4) is 0 Å². The summed E-state index contributed by atoms with van der Waals surface area (Å²) in [5.41, 5.74) is 0.101. The van der Waals surface area contributed by atoms with Crippen molar-refractivity contribution in [1.82, 2.24) is 0 Å². The fourth-order valence-corrected chi connectivity index (χ4v) is 2.28. The Balaban J connectivity index is -0.000000321. The van der Waals surface area contributed by atoms with Gasteiger partial charge in [-0.15, -0.1) is 11.1 Å². The van der Waals surface area contributed by atoms with Gasteiger partial charge >= 0.3 is 35.6 Å². The zero-order valence-electron chi connectivity index (χ0n) is 17.1. The second-order valence-corrected chi connectivity index (χ2v) is 8.08. The topological polar surface area (TPSA) is 37.4 Å². The second kappa shape index (κ2) is 15.3. The summed E-state index contributed by atoms with van der Waals surface area (Å²) in [4.78, 5) is 0. The van der Waals surface area contributed by atoms with E-state index in [0.29, 0.717) is 6.67 Å². The van der Waals surface area contributed by atoms with Crippen LogP contribution in [0.3, 0.4) is 0 Å². The van der Waals surface area contributed by atoms with Gasteiger partial charge in [-0.2, -0.15) is 0 Å². The van der Waals surface area contributed by atoms with Gasteiger partial charge in [-0.1, -0.05) is 67.2 Å². The van der Waals surface area contributed by atoms with Crippen LogP contribution in [0.1, 0.15) is 80.1 Å². The zero-order chi connectivity index (χ0) is 16.4. The van der Waals surface area contributed by atoms with E-state index < -0.39 is 0 Å². The Morgan fingerprint density at radius 3 is 1.70 bits per heavy atom. The molecule has 1 aliphatic carbocycles. The van der Waals surface area contributed by atoms with Crippen LogP contribution in [0.25, 0.3) is 10.6 Å². The van der Waals surface area contributed by atoms with Crippen LogP contribution < -0.4 is 0 Å². The smallest absolute Gasteiger partial charge is 0.676 e. The summed E-state index contributed by atoms with van der Waals surface area (Å²) in [6.07, 6.45) is 8.55. The normalized spacial score (nSPS) is 15.3. The number of methoxy groups -OCH3 is 1. The van der Waals surface area contributed by atoms with E-state index in [1.54, 1.807) is 7.11 Å². The molecule has 0 bridgehead atoms. The molecular weight excluding hydrogens is 411 g/mol. The third-order valence-electron chi connectivity index (χ3n) is 3.53. The van der Waals surface area contributed by atoms with E-state index in [2.05, 4.69) is 52.2 Å². The maximum absolute atomic E-state index is 5.00. The van der Waals surface area contributed by atoms with Crippen molar-refractivity contribution in [3.05, 3.63) is 18.1 Å². The molecule has 23 heavy (non-hydrogen) atoms. The van der Waals surface area contributed by atoms with Gasteiger partial charge in [0.2, 0.25) is 0 Å². The third kappa shape index (κ3) is 23.1. The van der Waals surface area contributed by atoms with Crippen LogP contribution in [0.2, 0.25) is 0 Å². The van der Waals surface area contributed by atoms with Crippen molar-refractivity contribution in [2.24, 2.45) is 5.92 Å². The number of hydrogen-bond donors (Lipinski definition) is 0. The summed E-state index contributed by atoms with van der Waals surface area (Å²) >= 11 is 0. The van der Waals surface area contributed by atoms with E-state index >= 15 is 0 Å². The van der Waals surface area contributed by atoms with Gasteiger partial charge in [0.05, 0.1) is 0 Å². The molecule has 136 valence electrons. The van der Waals surface area contributed by atoms with E-state index in [-0.39, 0.29) is 54.1 Å². The van der Waals surface area contributed by atoms with E-state index in [0.717, 1.165) is 12.5 Å². The van der Waals surface area contributed by atoms with Crippen molar-refractivity contribution in [2.75, 3.05) is 20.4 Å². The summed E-state index contributed by atoms with van der Waals surface area (Å²) in [5.74, 6) is 1.04. The van der Waals surface area contributed by atoms with Gasteiger partial charge in [0, 0.05) is 13.7 Å². The van der Waals surface area contributed by atoms with E-state index in [1.165, 1.54) is 38.5 Å². The van der Waals surface area contributed by atoms with Crippen molar-refractivity contribution in [2.45, 2.75) is 91.1 Å². The van der Waals surface area contributed by atoms with Gasteiger partial charge in [0.15, 0.2) is 0 Å². The molecule has 1 aliphatic rings. The minimum Gasteiger partial charge on any atom is -0.676 e.